The zero-order chi connectivity index (χ0) is 25.8. The molecule has 36 heavy (non-hydrogen) atoms. The number of nitrogens with zero attached hydrogens (tertiary/aromatic N) is 1. The molecule has 1 saturated heterocycles. The molecule has 5 N–H and O–H groups in total. The summed E-state index contributed by atoms with van der Waals surface area (Å²) in [6.07, 6.45) is -4.37. The van der Waals surface area contributed by atoms with Crippen molar-refractivity contribution >= 4 is 23.9 Å². The summed E-state index contributed by atoms with van der Waals surface area (Å²) in [5, 5.41) is 43.4. The number of rotatable bonds is 7. The summed E-state index contributed by atoms with van der Waals surface area (Å²) in [6, 6.07) is 12.5. The quantitative estimate of drug-likeness (QED) is 0.235. The van der Waals surface area contributed by atoms with Crippen LogP contribution in [-0.4, -0.2) is 69.0 Å². The Labute approximate surface area is 208 Å². The number of aliphatic hydroxyl groups excluding tert-OH is 4. The number of aliphatic hydroxyl groups is 4. The molecule has 0 bridgehead atoms. The largest absolute Gasteiger partial charge is 0.455 e. The number of benzene rings is 2. The van der Waals surface area contributed by atoms with Crippen LogP contribution < -0.4 is 5.43 Å². The summed E-state index contributed by atoms with van der Waals surface area (Å²) in [5.74, 6) is -1.73. The van der Waals surface area contributed by atoms with Crippen molar-refractivity contribution in [1.82, 2.24) is 5.43 Å². The van der Waals surface area contributed by atoms with Crippen molar-refractivity contribution in [1.29, 1.82) is 0 Å². The number of furan rings is 1. The number of ether oxygens (including phenoxy) is 1. The molecule has 3 aromatic rings. The highest BCUT2D eigenvalue weighted by atomic mass is 32.2. The van der Waals surface area contributed by atoms with Crippen LogP contribution in [0.5, 0.6) is 0 Å². The molecule has 2 heterocycles. The zero-order valence-electron chi connectivity index (χ0n) is 18.5. The molecule has 0 radical (unpaired) electrons. The van der Waals surface area contributed by atoms with Crippen molar-refractivity contribution in [3.05, 3.63) is 77.6 Å². The number of amides is 1. The maximum atomic E-state index is 13.9. The fraction of sp³-hybridized carbons (Fsp3) is 0.250. The second kappa shape index (κ2) is 11.3. The SMILES string of the molecule is O=C(N/N=C/c1ccc(-c2ccc(F)cc2F)o1)c1ccccc1S[C@@H]1O[C@H](CO)[C@@H](O)[C@H](O)[C@H]1O. The standard InChI is InChI=1S/C24H22F2N2O7S/c25-12-5-7-14(16(26)9-12)17-8-6-13(34-17)10-27-28-23(33)15-3-1-2-4-19(15)36-24-22(32)21(31)20(30)18(11-29)35-24/h1-10,18,20-22,24,29-32H,11H2,(H,28,33)/b27-10+/t18-,20-,21+,22-,24+/m1/s1. The summed E-state index contributed by atoms with van der Waals surface area (Å²) >= 11 is 0.938. The van der Waals surface area contributed by atoms with E-state index in [-0.39, 0.29) is 22.6 Å². The lowest BCUT2D eigenvalue weighted by molar-refractivity contribution is -0.205. The molecule has 9 nitrogen and oxygen atoms in total. The molecule has 1 amide bonds. The molecule has 190 valence electrons. The van der Waals surface area contributed by atoms with E-state index in [4.69, 9.17) is 9.15 Å². The van der Waals surface area contributed by atoms with E-state index in [2.05, 4.69) is 10.5 Å². The highest BCUT2D eigenvalue weighted by molar-refractivity contribution is 8.00. The normalized spacial score (nSPS) is 24.2. The monoisotopic (exact) mass is 520 g/mol. The first-order valence-corrected chi connectivity index (χ1v) is 11.6. The number of hydrogen-bond donors (Lipinski definition) is 5. The third-order valence-corrected chi connectivity index (χ3v) is 6.64. The molecular formula is C24H22F2N2O7S. The Morgan fingerprint density at radius 3 is 2.58 bits per heavy atom. The van der Waals surface area contributed by atoms with E-state index in [1.165, 1.54) is 30.5 Å². The molecule has 0 spiro atoms. The number of thioether (sulfide) groups is 1. The third-order valence-electron chi connectivity index (χ3n) is 5.40. The molecular weight excluding hydrogens is 498 g/mol. The predicted molar refractivity (Wildman–Crippen MR) is 125 cm³/mol. The minimum atomic E-state index is -1.54. The summed E-state index contributed by atoms with van der Waals surface area (Å²) in [6.45, 7) is -0.568. The number of hydrazone groups is 1. The Morgan fingerprint density at radius 1 is 1.06 bits per heavy atom. The van der Waals surface area contributed by atoms with Crippen molar-refractivity contribution in [3.8, 4) is 11.3 Å². The van der Waals surface area contributed by atoms with Gasteiger partial charge in [0.25, 0.3) is 5.91 Å². The van der Waals surface area contributed by atoms with Gasteiger partial charge in [-0.1, -0.05) is 23.9 Å². The van der Waals surface area contributed by atoms with E-state index < -0.39 is 54.0 Å². The number of carbonyl (C=O) groups excluding carboxylic acids is 1. The molecule has 2 aromatic carbocycles. The third kappa shape index (κ3) is 5.64. The van der Waals surface area contributed by atoms with Gasteiger partial charge >= 0.3 is 0 Å². The Bertz CT molecular complexity index is 1250. The Balaban J connectivity index is 1.43. The minimum absolute atomic E-state index is 0.0687. The maximum Gasteiger partial charge on any atom is 0.272 e. The number of halogens is 2. The van der Waals surface area contributed by atoms with Crippen LogP contribution in [0.15, 0.2) is 69.0 Å². The highest BCUT2D eigenvalue weighted by Crippen LogP contribution is 2.35. The van der Waals surface area contributed by atoms with E-state index in [0.717, 1.165) is 23.9 Å². The molecule has 1 aliphatic rings. The van der Waals surface area contributed by atoms with Crippen LogP contribution in [0.3, 0.4) is 0 Å². The molecule has 4 rings (SSSR count). The van der Waals surface area contributed by atoms with Crippen molar-refractivity contribution < 1.29 is 43.2 Å². The van der Waals surface area contributed by atoms with Crippen LogP contribution in [0.1, 0.15) is 16.1 Å². The molecule has 0 aliphatic carbocycles. The van der Waals surface area contributed by atoms with Gasteiger partial charge in [-0.2, -0.15) is 5.10 Å². The van der Waals surface area contributed by atoms with Crippen LogP contribution in [0.25, 0.3) is 11.3 Å². The van der Waals surface area contributed by atoms with Gasteiger partial charge in [0.15, 0.2) is 0 Å². The molecule has 1 aromatic heterocycles. The van der Waals surface area contributed by atoms with Gasteiger partial charge in [-0.3, -0.25) is 4.79 Å². The van der Waals surface area contributed by atoms with Gasteiger partial charge < -0.3 is 29.6 Å². The Morgan fingerprint density at radius 2 is 1.83 bits per heavy atom. The van der Waals surface area contributed by atoms with Gasteiger partial charge in [0.05, 0.1) is 23.9 Å². The van der Waals surface area contributed by atoms with E-state index in [1.807, 2.05) is 0 Å². The molecule has 0 unspecified atom stereocenters. The lowest BCUT2D eigenvalue weighted by atomic mass is 10.0. The topological polar surface area (TPSA) is 145 Å². The highest BCUT2D eigenvalue weighted by Gasteiger charge is 2.44. The average molecular weight is 521 g/mol. The Kier molecular flexibility index (Phi) is 8.14. The summed E-state index contributed by atoms with van der Waals surface area (Å²) in [5.41, 5.74) is 1.53. The molecule has 5 atom stereocenters. The van der Waals surface area contributed by atoms with Crippen molar-refractivity contribution in [2.45, 2.75) is 34.7 Å². The van der Waals surface area contributed by atoms with Gasteiger partial charge in [-0.15, -0.1) is 0 Å². The predicted octanol–water partition coefficient (Wildman–Crippen LogP) is 1.88. The molecule has 12 heteroatoms. The first-order valence-electron chi connectivity index (χ1n) is 10.7. The minimum Gasteiger partial charge on any atom is -0.455 e. The number of hydrogen-bond acceptors (Lipinski definition) is 9. The molecule has 1 fully saturated rings. The summed E-state index contributed by atoms with van der Waals surface area (Å²) < 4.78 is 38.0. The number of nitrogens with one attached hydrogen (secondary N) is 1. The van der Waals surface area contributed by atoms with Crippen LogP contribution in [0.4, 0.5) is 8.78 Å². The smallest absolute Gasteiger partial charge is 0.272 e. The van der Waals surface area contributed by atoms with Crippen LogP contribution in [0.2, 0.25) is 0 Å². The van der Waals surface area contributed by atoms with Gasteiger partial charge in [0.2, 0.25) is 0 Å². The summed E-state index contributed by atoms with van der Waals surface area (Å²) in [4.78, 5) is 13.1. The lowest BCUT2D eigenvalue weighted by Gasteiger charge is -2.39. The van der Waals surface area contributed by atoms with E-state index in [0.29, 0.717) is 4.90 Å². The van der Waals surface area contributed by atoms with Gasteiger partial charge in [-0.05, 0) is 36.4 Å². The average Bonchev–Trinajstić information content (AvgIpc) is 3.33. The first-order chi connectivity index (χ1) is 17.3. The van der Waals surface area contributed by atoms with Crippen LogP contribution in [-0.2, 0) is 4.74 Å². The first kappa shape index (κ1) is 25.9. The van der Waals surface area contributed by atoms with Crippen molar-refractivity contribution in [2.24, 2.45) is 5.10 Å². The van der Waals surface area contributed by atoms with E-state index >= 15 is 0 Å². The van der Waals surface area contributed by atoms with Crippen molar-refractivity contribution in [3.63, 3.8) is 0 Å². The lowest BCUT2D eigenvalue weighted by Crippen LogP contribution is -2.57. The maximum absolute atomic E-state index is 13.9. The summed E-state index contributed by atoms with van der Waals surface area (Å²) in [7, 11) is 0. The van der Waals surface area contributed by atoms with Crippen LogP contribution >= 0.6 is 11.8 Å². The van der Waals surface area contributed by atoms with Gasteiger partial charge in [-0.25, -0.2) is 14.2 Å². The van der Waals surface area contributed by atoms with Crippen molar-refractivity contribution in [2.75, 3.05) is 6.61 Å². The second-order valence-corrected chi connectivity index (χ2v) is 8.98. The molecule has 1 aliphatic heterocycles. The van der Waals surface area contributed by atoms with Gasteiger partial charge in [0.1, 0.15) is 53.0 Å². The number of carbonyl (C=O) groups is 1. The van der Waals surface area contributed by atoms with E-state index in [1.54, 1.807) is 18.2 Å². The zero-order valence-corrected chi connectivity index (χ0v) is 19.3. The molecule has 0 saturated carbocycles. The van der Waals surface area contributed by atoms with Gasteiger partial charge in [0, 0.05) is 11.0 Å². The fourth-order valence-electron chi connectivity index (χ4n) is 3.52. The van der Waals surface area contributed by atoms with E-state index in [9.17, 15) is 34.0 Å². The van der Waals surface area contributed by atoms with Crippen LogP contribution in [0, 0.1) is 11.6 Å². The Hall–Kier alpha value is -3.13. The fourth-order valence-corrected chi connectivity index (χ4v) is 4.71. The second-order valence-electron chi connectivity index (χ2n) is 7.84.